The van der Waals surface area contributed by atoms with Crippen molar-refractivity contribution in [2.24, 2.45) is 0 Å². The lowest BCUT2D eigenvalue weighted by atomic mass is 10.0. The van der Waals surface area contributed by atoms with Crippen LogP contribution >= 0.6 is 0 Å². The highest BCUT2D eigenvalue weighted by molar-refractivity contribution is 5.96. The maximum Gasteiger partial charge on any atom is 0.326 e. The molecule has 0 aliphatic heterocycles. The van der Waals surface area contributed by atoms with Gasteiger partial charge in [-0.2, -0.15) is 0 Å². The number of amides is 1. The van der Waals surface area contributed by atoms with Crippen LogP contribution in [0.4, 0.5) is 0 Å². The second-order valence-electron chi connectivity index (χ2n) is 6.15. The molecule has 0 saturated heterocycles. The summed E-state index contributed by atoms with van der Waals surface area (Å²) in [5.74, 6) is -0.851. The van der Waals surface area contributed by atoms with Crippen LogP contribution in [-0.4, -0.2) is 35.9 Å². The van der Waals surface area contributed by atoms with Crippen LogP contribution in [0.1, 0.15) is 35.2 Å². The van der Waals surface area contributed by atoms with E-state index < -0.39 is 12.0 Å². The van der Waals surface area contributed by atoms with Crippen LogP contribution in [0.3, 0.4) is 0 Å². The smallest absolute Gasteiger partial charge is 0.326 e. The van der Waals surface area contributed by atoms with E-state index in [1.54, 1.807) is 31.4 Å². The molecule has 2 N–H and O–H groups in total. The minimum absolute atomic E-state index is 0.0653. The Morgan fingerprint density at radius 1 is 1.00 bits per heavy atom. The first-order chi connectivity index (χ1) is 13.0. The molecule has 0 aromatic heterocycles. The van der Waals surface area contributed by atoms with Gasteiger partial charge in [-0.1, -0.05) is 30.3 Å². The van der Waals surface area contributed by atoms with Gasteiger partial charge in [-0.05, 0) is 36.2 Å². The maximum atomic E-state index is 12.1. The number of rotatable bonds is 10. The molecule has 0 spiro atoms. The molecular formula is C21H23NO5. The van der Waals surface area contributed by atoms with Crippen molar-refractivity contribution in [3.8, 4) is 5.75 Å². The van der Waals surface area contributed by atoms with Gasteiger partial charge in [-0.25, -0.2) is 4.79 Å². The van der Waals surface area contributed by atoms with Gasteiger partial charge in [0.2, 0.25) is 5.91 Å². The van der Waals surface area contributed by atoms with Gasteiger partial charge in [0, 0.05) is 24.8 Å². The molecule has 0 aliphatic rings. The molecule has 1 atom stereocenters. The van der Waals surface area contributed by atoms with E-state index in [4.69, 9.17) is 4.74 Å². The fraction of sp³-hybridized carbons (Fsp3) is 0.286. The Balaban J connectivity index is 1.79. The van der Waals surface area contributed by atoms with Crippen molar-refractivity contribution in [2.45, 2.75) is 31.7 Å². The molecule has 0 heterocycles. The Kier molecular flexibility index (Phi) is 7.55. The summed E-state index contributed by atoms with van der Waals surface area (Å²) in [7, 11) is 1.55. The third-order valence-electron chi connectivity index (χ3n) is 4.14. The minimum atomic E-state index is -1.08. The largest absolute Gasteiger partial charge is 0.497 e. The van der Waals surface area contributed by atoms with E-state index in [0.29, 0.717) is 17.7 Å². The van der Waals surface area contributed by atoms with Gasteiger partial charge in [0.25, 0.3) is 0 Å². The molecule has 27 heavy (non-hydrogen) atoms. The quantitative estimate of drug-likeness (QED) is 0.628. The van der Waals surface area contributed by atoms with Crippen molar-refractivity contribution in [1.29, 1.82) is 0 Å². The number of hydrogen-bond donors (Lipinski definition) is 2. The lowest BCUT2D eigenvalue weighted by molar-refractivity contribution is -0.141. The van der Waals surface area contributed by atoms with Crippen molar-refractivity contribution in [1.82, 2.24) is 5.32 Å². The van der Waals surface area contributed by atoms with Crippen molar-refractivity contribution in [2.75, 3.05) is 7.11 Å². The number of ketones is 1. The molecule has 142 valence electrons. The molecular weight excluding hydrogens is 346 g/mol. The first-order valence-corrected chi connectivity index (χ1v) is 8.73. The number of ether oxygens (including phenoxy) is 1. The van der Waals surface area contributed by atoms with Crippen LogP contribution in [-0.2, 0) is 16.0 Å². The number of carbonyl (C=O) groups excluding carboxylic acids is 2. The Morgan fingerprint density at radius 3 is 2.26 bits per heavy atom. The third kappa shape index (κ3) is 6.58. The highest BCUT2D eigenvalue weighted by atomic mass is 16.5. The first-order valence-electron chi connectivity index (χ1n) is 8.73. The Labute approximate surface area is 158 Å². The topological polar surface area (TPSA) is 92.7 Å². The highest BCUT2D eigenvalue weighted by Gasteiger charge is 2.20. The average molecular weight is 369 g/mol. The van der Waals surface area contributed by atoms with Crippen LogP contribution in [0, 0.1) is 0 Å². The molecule has 0 radical (unpaired) electrons. The van der Waals surface area contributed by atoms with Gasteiger partial charge in [0.05, 0.1) is 7.11 Å². The summed E-state index contributed by atoms with van der Waals surface area (Å²) in [6.45, 7) is 0. The van der Waals surface area contributed by atoms with Crippen LogP contribution < -0.4 is 10.1 Å². The molecule has 2 rings (SSSR count). The molecule has 0 bridgehead atoms. The van der Waals surface area contributed by atoms with Crippen molar-refractivity contribution in [3.63, 3.8) is 0 Å². The number of carboxylic acids is 1. The molecule has 2 aromatic rings. The van der Waals surface area contributed by atoms with E-state index in [1.165, 1.54) is 0 Å². The van der Waals surface area contributed by atoms with E-state index in [2.05, 4.69) is 5.32 Å². The summed E-state index contributed by atoms with van der Waals surface area (Å²) < 4.78 is 5.05. The maximum absolute atomic E-state index is 12.1. The molecule has 6 nitrogen and oxygen atoms in total. The van der Waals surface area contributed by atoms with E-state index in [-0.39, 0.29) is 31.0 Å². The standard InChI is InChI=1S/C21H23NO5/c1-27-17-12-10-16(11-13-17)19(23)8-5-9-20(24)22-18(21(25)26)14-15-6-3-2-4-7-15/h2-4,6-7,10-13,18H,5,8-9,14H2,1H3,(H,22,24)(H,25,26)/t18-/m1/s1. The molecule has 1 amide bonds. The molecule has 0 aliphatic carbocycles. The zero-order valence-electron chi connectivity index (χ0n) is 15.2. The molecule has 2 aromatic carbocycles. The lowest BCUT2D eigenvalue weighted by Gasteiger charge is -2.14. The molecule has 0 saturated carbocycles. The van der Waals surface area contributed by atoms with Gasteiger partial charge in [-0.15, -0.1) is 0 Å². The minimum Gasteiger partial charge on any atom is -0.497 e. The second-order valence-corrected chi connectivity index (χ2v) is 6.15. The number of Topliss-reactive ketones (excluding diaryl/α,β-unsaturated/α-hetero) is 1. The van der Waals surface area contributed by atoms with Gasteiger partial charge in [0.15, 0.2) is 5.78 Å². The number of nitrogens with one attached hydrogen (secondary N) is 1. The highest BCUT2D eigenvalue weighted by Crippen LogP contribution is 2.14. The lowest BCUT2D eigenvalue weighted by Crippen LogP contribution is -2.42. The zero-order chi connectivity index (χ0) is 19.6. The second kappa shape index (κ2) is 10.1. The summed E-state index contributed by atoms with van der Waals surface area (Å²) in [6.07, 6.45) is 0.887. The summed E-state index contributed by atoms with van der Waals surface area (Å²) in [4.78, 5) is 35.6. The van der Waals surface area contributed by atoms with E-state index in [0.717, 1.165) is 5.56 Å². The van der Waals surface area contributed by atoms with Gasteiger partial charge < -0.3 is 15.2 Å². The number of benzene rings is 2. The normalized spacial score (nSPS) is 11.4. The number of methoxy groups -OCH3 is 1. The van der Waals surface area contributed by atoms with Crippen LogP contribution in [0.25, 0.3) is 0 Å². The summed E-state index contributed by atoms with van der Waals surface area (Å²) in [5, 5.41) is 11.8. The van der Waals surface area contributed by atoms with Gasteiger partial charge in [0.1, 0.15) is 11.8 Å². The number of carboxylic acid groups (broad SMARTS) is 1. The number of hydrogen-bond acceptors (Lipinski definition) is 4. The Morgan fingerprint density at radius 2 is 1.67 bits per heavy atom. The summed E-state index contributed by atoms with van der Waals surface area (Å²) >= 11 is 0. The SMILES string of the molecule is COc1ccc(C(=O)CCCC(=O)N[C@H](Cc2ccccc2)C(=O)O)cc1. The molecule has 6 heteroatoms. The Hall–Kier alpha value is -3.15. The van der Waals surface area contributed by atoms with Crippen LogP contribution in [0.5, 0.6) is 5.75 Å². The predicted molar refractivity (Wildman–Crippen MR) is 101 cm³/mol. The van der Waals surface area contributed by atoms with Gasteiger partial charge >= 0.3 is 5.97 Å². The molecule has 0 unspecified atom stereocenters. The zero-order valence-corrected chi connectivity index (χ0v) is 15.2. The van der Waals surface area contributed by atoms with E-state index in [9.17, 15) is 19.5 Å². The van der Waals surface area contributed by atoms with Crippen molar-refractivity contribution in [3.05, 3.63) is 65.7 Å². The summed E-state index contributed by atoms with van der Waals surface area (Å²) in [6, 6.07) is 14.9. The number of aliphatic carboxylic acids is 1. The molecule has 0 fully saturated rings. The van der Waals surface area contributed by atoms with Crippen LogP contribution in [0.15, 0.2) is 54.6 Å². The first kappa shape index (κ1) is 20.2. The van der Waals surface area contributed by atoms with E-state index >= 15 is 0 Å². The van der Waals surface area contributed by atoms with Crippen LogP contribution in [0.2, 0.25) is 0 Å². The average Bonchev–Trinajstić information content (AvgIpc) is 2.68. The summed E-state index contributed by atoms with van der Waals surface area (Å²) in [5.41, 5.74) is 1.39. The van der Waals surface area contributed by atoms with Crippen molar-refractivity contribution < 1.29 is 24.2 Å². The third-order valence-corrected chi connectivity index (χ3v) is 4.14. The fourth-order valence-electron chi connectivity index (χ4n) is 2.65. The number of carbonyl (C=O) groups is 3. The Bertz CT molecular complexity index is 771. The monoisotopic (exact) mass is 369 g/mol. The van der Waals surface area contributed by atoms with E-state index in [1.807, 2.05) is 30.3 Å². The van der Waals surface area contributed by atoms with Gasteiger partial charge in [-0.3, -0.25) is 9.59 Å². The fourth-order valence-corrected chi connectivity index (χ4v) is 2.65. The predicted octanol–water partition coefficient (Wildman–Crippen LogP) is 2.86. The van der Waals surface area contributed by atoms with Crippen molar-refractivity contribution >= 4 is 17.7 Å².